The summed E-state index contributed by atoms with van der Waals surface area (Å²) in [4.78, 5) is 14.4. The minimum absolute atomic E-state index is 0.301. The van der Waals surface area contributed by atoms with E-state index >= 15 is 4.57 Å². The van der Waals surface area contributed by atoms with Gasteiger partial charge in [0.15, 0.2) is 0 Å². The van der Waals surface area contributed by atoms with Gasteiger partial charge in [0.25, 0.3) is 0 Å². The van der Waals surface area contributed by atoms with Crippen LogP contribution < -0.4 is 10.6 Å². The number of aryl methyl sites for hydroxylation is 3. The van der Waals surface area contributed by atoms with Gasteiger partial charge in [-0.1, -0.05) is 103 Å². The maximum Gasteiger partial charge on any atom is 0.230 e. The van der Waals surface area contributed by atoms with Crippen LogP contribution in [-0.2, 0) is 4.57 Å². The fourth-order valence-electron chi connectivity index (χ4n) is 4.99. The molecule has 5 aromatic rings. The Morgan fingerprint density at radius 3 is 1.52 bits per heavy atom. The monoisotopic (exact) mass is 448 g/mol. The normalized spacial score (nSPS) is 11.7. The van der Waals surface area contributed by atoms with Crippen molar-refractivity contribution in [3.8, 4) is 0 Å². The number of fused-ring (bicyclic) bond motifs is 2. The van der Waals surface area contributed by atoms with Crippen LogP contribution in [0.4, 0.5) is 0 Å². The minimum Gasteiger partial charge on any atom is -0.305 e. The van der Waals surface area contributed by atoms with E-state index in [0.29, 0.717) is 16.2 Å². The molecule has 2 nitrogen and oxygen atoms in total. The first kappa shape index (κ1) is 21.4. The van der Waals surface area contributed by atoms with Gasteiger partial charge in [0, 0.05) is 16.2 Å². The van der Waals surface area contributed by atoms with Crippen molar-refractivity contribution in [1.82, 2.24) is 0 Å². The third kappa shape index (κ3) is 3.43. The van der Waals surface area contributed by atoms with Crippen LogP contribution in [0.15, 0.2) is 97.1 Å². The Balaban J connectivity index is 1.91. The molecule has 33 heavy (non-hydrogen) atoms. The Morgan fingerprint density at radius 1 is 0.606 bits per heavy atom. The predicted molar refractivity (Wildman–Crippen MR) is 140 cm³/mol. The highest BCUT2D eigenvalue weighted by Crippen LogP contribution is 2.51. The van der Waals surface area contributed by atoms with E-state index in [-0.39, 0.29) is 5.52 Å². The topological polar surface area (TPSA) is 34.1 Å². The number of rotatable bonds is 4. The van der Waals surface area contributed by atoms with Crippen LogP contribution in [0.3, 0.4) is 0 Å². The van der Waals surface area contributed by atoms with Gasteiger partial charge >= 0.3 is 0 Å². The van der Waals surface area contributed by atoms with Crippen molar-refractivity contribution in [1.29, 1.82) is 0 Å². The van der Waals surface area contributed by atoms with Gasteiger partial charge in [0.1, 0.15) is 0 Å². The van der Waals surface area contributed by atoms with E-state index in [1.54, 1.807) is 0 Å². The summed E-state index contributed by atoms with van der Waals surface area (Å²) in [5.74, 6) is 0. The van der Waals surface area contributed by atoms with Gasteiger partial charge in [-0.2, -0.15) is 0 Å². The molecule has 5 aromatic carbocycles. The van der Waals surface area contributed by atoms with Gasteiger partial charge in [0.2, 0.25) is 12.7 Å². The van der Waals surface area contributed by atoms with E-state index in [4.69, 9.17) is 0 Å². The lowest BCUT2D eigenvalue weighted by atomic mass is 10.0. The summed E-state index contributed by atoms with van der Waals surface area (Å²) >= 11 is 0. The van der Waals surface area contributed by atoms with Gasteiger partial charge < -0.3 is 4.57 Å². The smallest absolute Gasteiger partial charge is 0.230 e. The molecule has 0 aliphatic rings. The second kappa shape index (κ2) is 8.14. The average Bonchev–Trinajstić information content (AvgIpc) is 2.82. The summed E-state index contributed by atoms with van der Waals surface area (Å²) in [6, 6.07) is 31.2. The molecule has 0 saturated heterocycles. The molecule has 162 valence electrons. The van der Waals surface area contributed by atoms with E-state index < -0.39 is 7.14 Å². The fourth-order valence-corrected chi connectivity index (χ4v) is 8.03. The Kier molecular flexibility index (Phi) is 5.27. The summed E-state index contributed by atoms with van der Waals surface area (Å²) in [7, 11) is -3.74. The lowest BCUT2D eigenvalue weighted by Gasteiger charge is -2.23. The number of benzene rings is 5. The van der Waals surface area contributed by atoms with Crippen LogP contribution in [0.25, 0.3) is 21.5 Å². The third-order valence-corrected chi connectivity index (χ3v) is 9.32. The fraction of sp³-hybridized carbons (Fsp3) is 0.100. The standard InChI is InChI=1S/C30H25O2P/c1-20-18-21(2)29(22(3)19-20)30(31)33(32,27-16-8-12-23-10-4-6-14-25(23)27)28-17-9-13-24-11-5-7-15-26(24)28/h4-19H,1-3H3. The molecule has 0 N–H and O–H groups in total. The highest BCUT2D eigenvalue weighted by molar-refractivity contribution is 7.94. The number of carbonyl (C=O) groups is 1. The highest BCUT2D eigenvalue weighted by Gasteiger charge is 2.40. The molecule has 0 bridgehead atoms. The van der Waals surface area contributed by atoms with E-state index in [1.807, 2.05) is 118 Å². The molecule has 0 aromatic heterocycles. The van der Waals surface area contributed by atoms with Gasteiger partial charge in [-0.3, -0.25) is 4.79 Å². The molecule has 3 heteroatoms. The lowest BCUT2D eigenvalue weighted by Crippen LogP contribution is -2.25. The van der Waals surface area contributed by atoms with E-state index in [0.717, 1.165) is 38.2 Å². The SMILES string of the molecule is Cc1cc(C)c(C(=O)P(=O)(c2cccc3ccccc23)c2cccc3ccccc23)c(C)c1. The van der Waals surface area contributed by atoms with Crippen molar-refractivity contribution < 1.29 is 9.36 Å². The lowest BCUT2D eigenvalue weighted by molar-refractivity contribution is 0.107. The van der Waals surface area contributed by atoms with Crippen LogP contribution in [0.5, 0.6) is 0 Å². The zero-order chi connectivity index (χ0) is 23.2. The second-order valence-corrected chi connectivity index (χ2v) is 11.3. The number of hydrogen-bond acceptors (Lipinski definition) is 2. The van der Waals surface area contributed by atoms with Gasteiger partial charge in [-0.25, -0.2) is 0 Å². The largest absolute Gasteiger partial charge is 0.305 e. The molecule has 5 rings (SSSR count). The molecule has 0 spiro atoms. The molecule has 0 fully saturated rings. The quantitative estimate of drug-likeness (QED) is 0.276. The molecule has 0 aliphatic carbocycles. The molecular formula is C30H25O2P. The van der Waals surface area contributed by atoms with E-state index in [1.165, 1.54) is 0 Å². The first-order valence-electron chi connectivity index (χ1n) is 11.1. The van der Waals surface area contributed by atoms with Crippen molar-refractivity contribution in [2.45, 2.75) is 20.8 Å². The average molecular weight is 449 g/mol. The minimum atomic E-state index is -3.74. The van der Waals surface area contributed by atoms with Gasteiger partial charge in [0.05, 0.1) is 0 Å². The first-order valence-corrected chi connectivity index (χ1v) is 12.8. The van der Waals surface area contributed by atoms with Crippen molar-refractivity contribution in [2.24, 2.45) is 0 Å². The molecule has 0 saturated carbocycles. The molecule has 0 atom stereocenters. The zero-order valence-electron chi connectivity index (χ0n) is 19.0. The van der Waals surface area contributed by atoms with Crippen molar-refractivity contribution in [3.05, 3.63) is 119 Å². The maximum atomic E-state index is 15.4. The third-order valence-electron chi connectivity index (χ3n) is 6.39. The Morgan fingerprint density at radius 2 is 1.03 bits per heavy atom. The van der Waals surface area contributed by atoms with Crippen LogP contribution in [-0.4, -0.2) is 5.52 Å². The Hall–Kier alpha value is -3.48. The zero-order valence-corrected chi connectivity index (χ0v) is 19.9. The van der Waals surface area contributed by atoms with Crippen LogP contribution in [0.2, 0.25) is 0 Å². The van der Waals surface area contributed by atoms with Crippen molar-refractivity contribution in [2.75, 3.05) is 0 Å². The summed E-state index contributed by atoms with van der Waals surface area (Å²) in [5, 5.41) is 4.85. The predicted octanol–water partition coefficient (Wildman–Crippen LogP) is 7.07. The van der Waals surface area contributed by atoms with Crippen LogP contribution in [0, 0.1) is 20.8 Å². The number of hydrogen-bond donors (Lipinski definition) is 0. The number of carbonyl (C=O) groups excluding carboxylic acids is 1. The van der Waals surface area contributed by atoms with Crippen molar-refractivity contribution in [3.63, 3.8) is 0 Å². The molecule has 0 radical (unpaired) electrons. The Labute approximate surface area is 194 Å². The first-order chi connectivity index (χ1) is 15.9. The summed E-state index contributed by atoms with van der Waals surface area (Å²) in [6.45, 7) is 5.89. The summed E-state index contributed by atoms with van der Waals surface area (Å²) in [6.07, 6.45) is 0. The second-order valence-electron chi connectivity index (χ2n) is 8.68. The van der Waals surface area contributed by atoms with Gasteiger partial charge in [-0.05, 0) is 53.4 Å². The van der Waals surface area contributed by atoms with E-state index in [9.17, 15) is 4.79 Å². The maximum absolute atomic E-state index is 15.4. The molecule has 0 aliphatic heterocycles. The highest BCUT2D eigenvalue weighted by atomic mass is 31.2. The molecular weight excluding hydrogens is 423 g/mol. The molecule has 0 unspecified atom stereocenters. The van der Waals surface area contributed by atoms with Gasteiger partial charge in [-0.15, -0.1) is 0 Å². The van der Waals surface area contributed by atoms with E-state index in [2.05, 4.69) is 0 Å². The van der Waals surface area contributed by atoms with Crippen LogP contribution in [0.1, 0.15) is 27.0 Å². The van der Waals surface area contributed by atoms with Crippen LogP contribution >= 0.6 is 7.14 Å². The summed E-state index contributed by atoms with van der Waals surface area (Å²) in [5.41, 5.74) is 3.07. The summed E-state index contributed by atoms with van der Waals surface area (Å²) < 4.78 is 15.4. The molecule has 0 amide bonds. The molecule has 0 heterocycles. The Bertz CT molecular complexity index is 1480. The van der Waals surface area contributed by atoms with Crippen molar-refractivity contribution >= 4 is 44.8 Å².